The second kappa shape index (κ2) is 25.7. The zero-order chi connectivity index (χ0) is 70.4. The van der Waals surface area contributed by atoms with Gasteiger partial charge in [0.05, 0.1) is 78.6 Å². The number of imidazole rings is 2. The van der Waals surface area contributed by atoms with Crippen molar-refractivity contribution in [3.63, 3.8) is 0 Å². The molecule has 22 aromatic rings. The average Bonchev–Trinajstić information content (AvgIpc) is 1.48. The fourth-order valence-electron chi connectivity index (χ4n) is 17.4. The molecule has 9 heteroatoms. The molecule has 24 rings (SSSR count). The van der Waals surface area contributed by atoms with E-state index in [4.69, 9.17) is 9.97 Å². The van der Waals surface area contributed by atoms with E-state index in [1.54, 1.807) is 0 Å². The molecular formula is C100H69BrN8. The lowest BCUT2D eigenvalue weighted by atomic mass is 9.92. The van der Waals surface area contributed by atoms with E-state index in [9.17, 15) is 0 Å². The van der Waals surface area contributed by atoms with Gasteiger partial charge in [-0.05, 0) is 197 Å². The van der Waals surface area contributed by atoms with Gasteiger partial charge in [-0.25, -0.2) is 9.97 Å². The molecule has 1 N–H and O–H groups in total. The van der Waals surface area contributed by atoms with Gasteiger partial charge in [0, 0.05) is 43.1 Å². The highest BCUT2D eigenvalue weighted by Crippen LogP contribution is 2.57. The molecule has 2 aliphatic rings. The maximum absolute atomic E-state index is 5.37. The molecule has 6 heterocycles. The summed E-state index contributed by atoms with van der Waals surface area (Å²) in [6.07, 6.45) is 0. The fraction of sp³-hybridized carbons (Fsp3) is 0.0200. The van der Waals surface area contributed by atoms with Gasteiger partial charge < -0.3 is 20.0 Å². The number of nitrogens with zero attached hydrogens (tertiary/aromatic N) is 7. The second-order valence-electron chi connectivity index (χ2n) is 27.8. The summed E-state index contributed by atoms with van der Waals surface area (Å²) in [5.41, 5.74) is 20.6. The predicted octanol–water partition coefficient (Wildman–Crippen LogP) is 29.0. The summed E-state index contributed by atoms with van der Waals surface area (Å²) < 4.78 is 5.79. The standard InChI is InChI=1S/C49H30N4.C43H26N4.C6H5Br.2CH4/c1-2-14-31(15-3-1)51-45-24-12-13-25-46(45)52(48-30-41-36-19-7-5-17-34(36)33-16-4-6-18-35(33)40(41)29-47(48)51)32-26-27-44-42(28-32)50-49-39-22-9-8-20-37(39)38-21-10-11-23-43(38)53(44)49;1-3-13-29-27(11-1)28-12-2-4-14-30(28)35-25-42-38(24-34(29)35)44-36-18-8-10-20-40(36)46(42)26-21-22-41-37(23-26)45-43-33-17-6-5-15-31(33)32-16-7-9-19-39(32)47(41)43;7-6-4-2-1-3-5-6;;/h1-30H;1-25,44H;1-5H;2*1H4. The zero-order valence-electron chi connectivity index (χ0n) is 57.6. The number of nitrogens with one attached hydrogen (secondary N) is 1. The smallest absolute Gasteiger partial charge is 0.146 e. The molecule has 0 radical (unpaired) electrons. The summed E-state index contributed by atoms with van der Waals surface area (Å²) in [5.74, 6) is 0. The molecule has 4 aromatic heterocycles. The maximum Gasteiger partial charge on any atom is 0.146 e. The summed E-state index contributed by atoms with van der Waals surface area (Å²) in [7, 11) is 0. The molecule has 0 unspecified atom stereocenters. The minimum atomic E-state index is 0. The molecule has 516 valence electrons. The maximum atomic E-state index is 5.37. The van der Waals surface area contributed by atoms with Crippen LogP contribution in [-0.2, 0) is 0 Å². The van der Waals surface area contributed by atoms with E-state index >= 15 is 0 Å². The zero-order valence-corrected chi connectivity index (χ0v) is 59.2. The molecule has 8 nitrogen and oxygen atoms in total. The largest absolute Gasteiger partial charge is 0.352 e. The molecule has 0 saturated heterocycles. The molecule has 0 bridgehead atoms. The van der Waals surface area contributed by atoms with Crippen LogP contribution in [0.5, 0.6) is 0 Å². The number of hydrogen-bond acceptors (Lipinski definition) is 6. The van der Waals surface area contributed by atoms with E-state index in [0.717, 1.165) is 117 Å². The first kappa shape index (κ1) is 64.7. The summed E-state index contributed by atoms with van der Waals surface area (Å²) in [6, 6.07) is 131. The van der Waals surface area contributed by atoms with E-state index in [-0.39, 0.29) is 14.9 Å². The summed E-state index contributed by atoms with van der Waals surface area (Å²) >= 11 is 3.31. The van der Waals surface area contributed by atoms with Crippen molar-refractivity contribution < 1.29 is 0 Å². The van der Waals surface area contributed by atoms with Crippen LogP contribution >= 0.6 is 15.9 Å². The van der Waals surface area contributed by atoms with Gasteiger partial charge in [0.1, 0.15) is 11.3 Å². The van der Waals surface area contributed by atoms with E-state index < -0.39 is 0 Å². The minimum Gasteiger partial charge on any atom is -0.352 e. The van der Waals surface area contributed by atoms with Crippen LogP contribution in [0, 0.1) is 0 Å². The van der Waals surface area contributed by atoms with E-state index in [1.165, 1.54) is 91.7 Å². The van der Waals surface area contributed by atoms with Crippen LogP contribution in [0.2, 0.25) is 0 Å². The molecule has 0 atom stereocenters. The third kappa shape index (κ3) is 10.0. The molecule has 2 aliphatic heterocycles. The van der Waals surface area contributed by atoms with Crippen LogP contribution in [0.1, 0.15) is 14.9 Å². The van der Waals surface area contributed by atoms with Gasteiger partial charge in [-0.3, -0.25) is 8.80 Å². The van der Waals surface area contributed by atoms with Crippen molar-refractivity contribution >= 4 is 220 Å². The average molecular weight is 1460 g/mol. The van der Waals surface area contributed by atoms with E-state index in [2.05, 4.69) is 378 Å². The number of pyridine rings is 2. The Bertz CT molecular complexity index is 7480. The van der Waals surface area contributed by atoms with Gasteiger partial charge >= 0.3 is 0 Å². The summed E-state index contributed by atoms with van der Waals surface area (Å²) in [4.78, 5) is 17.9. The first-order valence-corrected chi connectivity index (χ1v) is 37.1. The molecule has 0 amide bonds. The van der Waals surface area contributed by atoms with Crippen molar-refractivity contribution in [3.8, 4) is 0 Å². The fourth-order valence-corrected chi connectivity index (χ4v) is 17.7. The first-order chi connectivity index (χ1) is 53.0. The number of aromatic nitrogens is 4. The van der Waals surface area contributed by atoms with Crippen molar-refractivity contribution in [1.29, 1.82) is 0 Å². The number of halogens is 1. The van der Waals surface area contributed by atoms with Gasteiger partial charge in [-0.2, -0.15) is 0 Å². The third-order valence-corrected chi connectivity index (χ3v) is 22.5. The van der Waals surface area contributed by atoms with Gasteiger partial charge in [-0.1, -0.05) is 273 Å². The molecule has 0 fully saturated rings. The quantitative estimate of drug-likeness (QED) is 0.178. The Balaban J connectivity index is 0.000000130. The number of anilines is 11. The van der Waals surface area contributed by atoms with Crippen molar-refractivity contribution in [3.05, 3.63) is 368 Å². The van der Waals surface area contributed by atoms with Gasteiger partial charge in [-0.15, -0.1) is 0 Å². The minimum absolute atomic E-state index is 0. The van der Waals surface area contributed by atoms with E-state index in [0.29, 0.717) is 0 Å². The molecule has 0 saturated carbocycles. The number of para-hydroxylation sites is 7. The van der Waals surface area contributed by atoms with Crippen molar-refractivity contribution in [1.82, 2.24) is 18.8 Å². The van der Waals surface area contributed by atoms with E-state index in [1.807, 2.05) is 30.3 Å². The van der Waals surface area contributed by atoms with Crippen molar-refractivity contribution in [2.45, 2.75) is 14.9 Å². The molecule has 109 heavy (non-hydrogen) atoms. The molecule has 0 spiro atoms. The SMILES string of the molecule is Brc1ccccc1.C.C.c1ccc(N2c3ccccc3N(c3ccc4c(c3)nc3c5ccccc5c5ccccc5n43)c3cc4c5ccccc5c5ccccc5c4cc32)cc1.c1ccc2c(c1)Nc1cc3c4ccccc4c4ccccc4c3cc1N2c1ccc2c(c1)nc1c3ccccc3c3ccccc3n21. The number of rotatable bonds is 3. The van der Waals surface area contributed by atoms with Crippen LogP contribution in [0.15, 0.2) is 368 Å². The lowest BCUT2D eigenvalue weighted by Crippen LogP contribution is -2.24. The molecular weight excluding hydrogens is 1390 g/mol. The molecule has 18 aromatic carbocycles. The Morgan fingerprint density at radius 3 is 0.945 bits per heavy atom. The van der Waals surface area contributed by atoms with Crippen LogP contribution in [0.4, 0.5) is 62.6 Å². The Morgan fingerprint density at radius 1 is 0.211 bits per heavy atom. The van der Waals surface area contributed by atoms with Crippen LogP contribution in [0.25, 0.3) is 141 Å². The Kier molecular flexibility index (Phi) is 15.3. The monoisotopic (exact) mass is 1460 g/mol. The lowest BCUT2D eigenvalue weighted by molar-refractivity contribution is 1.18. The van der Waals surface area contributed by atoms with Crippen LogP contribution in [0.3, 0.4) is 0 Å². The van der Waals surface area contributed by atoms with Gasteiger partial charge in [0.15, 0.2) is 0 Å². The van der Waals surface area contributed by atoms with Crippen LogP contribution in [-0.4, -0.2) is 18.8 Å². The number of fused-ring (bicyclic) bond motifs is 32. The number of benzene rings is 18. The highest BCUT2D eigenvalue weighted by atomic mass is 79.9. The highest BCUT2D eigenvalue weighted by Gasteiger charge is 2.33. The summed E-state index contributed by atoms with van der Waals surface area (Å²) in [5, 5.41) is 26.1. The predicted molar refractivity (Wildman–Crippen MR) is 469 cm³/mol. The van der Waals surface area contributed by atoms with Crippen molar-refractivity contribution in [2.24, 2.45) is 0 Å². The van der Waals surface area contributed by atoms with Crippen molar-refractivity contribution in [2.75, 3.05) is 20.0 Å². The Hall–Kier alpha value is -13.9. The second-order valence-corrected chi connectivity index (χ2v) is 28.7. The topological polar surface area (TPSA) is 56.4 Å². The Labute approximate surface area is 637 Å². The normalized spacial score (nSPS) is 12.3. The number of hydrogen-bond donors (Lipinski definition) is 1. The lowest BCUT2D eigenvalue weighted by Gasteiger charge is -2.40. The van der Waals surface area contributed by atoms with Gasteiger partial charge in [0.25, 0.3) is 0 Å². The highest BCUT2D eigenvalue weighted by molar-refractivity contribution is 9.10. The van der Waals surface area contributed by atoms with Gasteiger partial charge in [0.2, 0.25) is 0 Å². The summed E-state index contributed by atoms with van der Waals surface area (Å²) in [6.45, 7) is 0. The molecule has 0 aliphatic carbocycles. The van der Waals surface area contributed by atoms with Crippen LogP contribution < -0.4 is 20.0 Å². The third-order valence-electron chi connectivity index (χ3n) is 21.9. The first-order valence-electron chi connectivity index (χ1n) is 36.3. The Morgan fingerprint density at radius 2 is 0.523 bits per heavy atom.